The molecule has 0 aliphatic heterocycles. The van der Waals surface area contributed by atoms with Gasteiger partial charge < -0.3 is 10.4 Å². The van der Waals surface area contributed by atoms with Gasteiger partial charge in [0.1, 0.15) is 5.75 Å². The number of halogens is 2. The number of aromatic hydroxyl groups is 1. The van der Waals surface area contributed by atoms with Gasteiger partial charge in [0.05, 0.1) is 15.2 Å². The van der Waals surface area contributed by atoms with Gasteiger partial charge >= 0.3 is 0 Å². The zero-order chi connectivity index (χ0) is 12.3. The summed E-state index contributed by atoms with van der Waals surface area (Å²) in [6.45, 7) is 0.655. The monoisotopic (exact) mass is 311 g/mol. The Bertz CT molecular complexity index is 531. The van der Waals surface area contributed by atoms with Crippen molar-refractivity contribution < 1.29 is 5.11 Å². The Morgan fingerprint density at radius 2 is 1.94 bits per heavy atom. The van der Waals surface area contributed by atoms with Crippen molar-refractivity contribution in [2.75, 3.05) is 5.32 Å². The molecule has 0 unspecified atom stereocenters. The third-order valence-electron chi connectivity index (χ3n) is 2.37. The maximum atomic E-state index is 9.38. The molecule has 2 N–H and O–H groups in total. The number of hydrogen-bond donors (Lipinski definition) is 2. The molecule has 2 aromatic carbocycles. The van der Waals surface area contributed by atoms with Crippen LogP contribution in [0.1, 0.15) is 5.56 Å². The van der Waals surface area contributed by atoms with Crippen LogP contribution in [-0.2, 0) is 6.54 Å². The van der Waals surface area contributed by atoms with Gasteiger partial charge in [0.2, 0.25) is 0 Å². The molecule has 0 saturated carbocycles. The van der Waals surface area contributed by atoms with Crippen LogP contribution in [0.5, 0.6) is 5.75 Å². The lowest BCUT2D eigenvalue weighted by Gasteiger charge is -2.08. The average Bonchev–Trinajstić information content (AvgIpc) is 2.32. The quantitative estimate of drug-likeness (QED) is 0.879. The molecule has 2 nitrogen and oxygen atoms in total. The summed E-state index contributed by atoms with van der Waals surface area (Å²) >= 11 is 9.32. The van der Waals surface area contributed by atoms with Gasteiger partial charge in [0, 0.05) is 6.54 Å². The van der Waals surface area contributed by atoms with Crippen LogP contribution in [0.3, 0.4) is 0 Å². The van der Waals surface area contributed by atoms with Crippen LogP contribution < -0.4 is 5.32 Å². The third kappa shape index (κ3) is 3.14. The van der Waals surface area contributed by atoms with Crippen LogP contribution in [0.25, 0.3) is 0 Å². The van der Waals surface area contributed by atoms with E-state index in [4.69, 9.17) is 11.6 Å². The Morgan fingerprint density at radius 1 is 1.18 bits per heavy atom. The van der Waals surface area contributed by atoms with Crippen molar-refractivity contribution in [3.63, 3.8) is 0 Å². The average molecular weight is 313 g/mol. The molecule has 0 heterocycles. The van der Waals surface area contributed by atoms with Gasteiger partial charge in [-0.2, -0.15) is 0 Å². The Morgan fingerprint density at radius 3 is 2.65 bits per heavy atom. The minimum Gasteiger partial charge on any atom is -0.507 e. The highest BCUT2D eigenvalue weighted by Crippen LogP contribution is 2.25. The van der Waals surface area contributed by atoms with E-state index in [-0.39, 0.29) is 5.75 Å². The molecule has 0 atom stereocenters. The largest absolute Gasteiger partial charge is 0.507 e. The van der Waals surface area contributed by atoms with Gasteiger partial charge in [0.25, 0.3) is 0 Å². The second-order valence-corrected chi connectivity index (χ2v) is 4.88. The molecule has 0 aliphatic carbocycles. The second-order valence-electron chi connectivity index (χ2n) is 3.62. The van der Waals surface area contributed by atoms with E-state index < -0.39 is 0 Å². The fraction of sp³-hybridized carbons (Fsp3) is 0.0769. The van der Waals surface area contributed by atoms with Crippen LogP contribution in [0.15, 0.2) is 46.9 Å². The normalized spacial score (nSPS) is 10.2. The molecule has 88 valence electrons. The van der Waals surface area contributed by atoms with Gasteiger partial charge in [-0.1, -0.05) is 29.8 Å². The summed E-state index contributed by atoms with van der Waals surface area (Å²) in [5, 5.41) is 13.3. The first-order valence-corrected chi connectivity index (χ1v) is 6.30. The number of hydrogen-bond acceptors (Lipinski definition) is 2. The predicted molar refractivity (Wildman–Crippen MR) is 74.6 cm³/mol. The molecule has 0 fully saturated rings. The first kappa shape index (κ1) is 12.3. The highest BCUT2D eigenvalue weighted by atomic mass is 79.9. The summed E-state index contributed by atoms with van der Waals surface area (Å²) in [7, 11) is 0. The first-order chi connectivity index (χ1) is 8.16. The van der Waals surface area contributed by atoms with E-state index in [0.29, 0.717) is 16.0 Å². The maximum absolute atomic E-state index is 9.38. The van der Waals surface area contributed by atoms with E-state index in [1.54, 1.807) is 6.07 Å². The van der Waals surface area contributed by atoms with E-state index >= 15 is 0 Å². The molecule has 0 spiro atoms. The Hall–Kier alpha value is -1.19. The molecule has 2 aromatic rings. The van der Waals surface area contributed by atoms with Crippen LogP contribution in [0, 0.1) is 0 Å². The van der Waals surface area contributed by atoms with Gasteiger partial charge in [-0.15, -0.1) is 0 Å². The summed E-state index contributed by atoms with van der Waals surface area (Å²) in [5.74, 6) is 0.242. The van der Waals surface area contributed by atoms with Gasteiger partial charge in [-0.25, -0.2) is 0 Å². The number of rotatable bonds is 3. The molecule has 17 heavy (non-hydrogen) atoms. The number of nitrogens with one attached hydrogen (secondary N) is 1. The number of anilines is 1. The zero-order valence-corrected chi connectivity index (χ0v) is 11.3. The molecule has 2 rings (SSSR count). The van der Waals surface area contributed by atoms with Gasteiger partial charge in [-0.3, -0.25) is 0 Å². The van der Waals surface area contributed by atoms with Crippen molar-refractivity contribution in [1.82, 2.24) is 0 Å². The minimum absolute atomic E-state index is 0.242. The molecule has 0 amide bonds. The standard InChI is InChI=1S/C13H11BrClNO/c14-10-7-9(5-6-13(10)17)8-16-12-4-2-1-3-11(12)15/h1-7,16-17H,8H2. The van der Waals surface area contributed by atoms with Crippen molar-refractivity contribution in [3.05, 3.63) is 57.5 Å². The fourth-order valence-electron chi connectivity index (χ4n) is 1.46. The predicted octanol–water partition coefficient (Wildman–Crippen LogP) is 4.42. The van der Waals surface area contributed by atoms with E-state index in [9.17, 15) is 5.11 Å². The van der Waals surface area contributed by atoms with Crippen molar-refractivity contribution in [2.24, 2.45) is 0 Å². The summed E-state index contributed by atoms with van der Waals surface area (Å²) in [5.41, 5.74) is 1.97. The zero-order valence-electron chi connectivity index (χ0n) is 8.95. The van der Waals surface area contributed by atoms with Crippen molar-refractivity contribution in [1.29, 1.82) is 0 Å². The van der Waals surface area contributed by atoms with Crippen molar-refractivity contribution in [3.8, 4) is 5.75 Å². The summed E-state index contributed by atoms with van der Waals surface area (Å²) in [4.78, 5) is 0. The molecule has 4 heteroatoms. The summed E-state index contributed by atoms with van der Waals surface area (Å²) in [6, 6.07) is 13.0. The second kappa shape index (κ2) is 5.43. The van der Waals surface area contributed by atoms with Crippen molar-refractivity contribution in [2.45, 2.75) is 6.54 Å². The highest BCUT2D eigenvalue weighted by Gasteiger charge is 2.01. The SMILES string of the molecule is Oc1ccc(CNc2ccccc2Cl)cc1Br. The van der Waals surface area contributed by atoms with Crippen molar-refractivity contribution >= 4 is 33.2 Å². The molecule has 0 bridgehead atoms. The molecule has 0 saturated heterocycles. The number of para-hydroxylation sites is 1. The van der Waals surface area contributed by atoms with Crippen LogP contribution in [0.4, 0.5) is 5.69 Å². The Labute approximate surface area is 113 Å². The smallest absolute Gasteiger partial charge is 0.129 e. The first-order valence-electron chi connectivity index (χ1n) is 5.12. The lowest BCUT2D eigenvalue weighted by Crippen LogP contribution is -1.99. The lowest BCUT2D eigenvalue weighted by atomic mass is 10.2. The molecular weight excluding hydrogens is 302 g/mol. The number of benzene rings is 2. The minimum atomic E-state index is 0.242. The third-order valence-corrected chi connectivity index (χ3v) is 3.33. The van der Waals surface area contributed by atoms with E-state index in [1.165, 1.54) is 0 Å². The number of phenols is 1. The molecule has 0 aromatic heterocycles. The van der Waals surface area contributed by atoms with Crippen LogP contribution >= 0.6 is 27.5 Å². The van der Waals surface area contributed by atoms with E-state index in [0.717, 1.165) is 11.3 Å². The van der Waals surface area contributed by atoms with Gasteiger partial charge in [0.15, 0.2) is 0 Å². The number of phenolic OH excluding ortho intramolecular Hbond substituents is 1. The Balaban J connectivity index is 2.08. The van der Waals surface area contributed by atoms with Crippen LogP contribution in [0.2, 0.25) is 5.02 Å². The fourth-order valence-corrected chi connectivity index (χ4v) is 2.09. The highest BCUT2D eigenvalue weighted by molar-refractivity contribution is 9.10. The Kier molecular flexibility index (Phi) is 3.92. The van der Waals surface area contributed by atoms with E-state index in [2.05, 4.69) is 21.2 Å². The molecule has 0 aliphatic rings. The van der Waals surface area contributed by atoms with E-state index in [1.807, 2.05) is 36.4 Å². The van der Waals surface area contributed by atoms with Crippen LogP contribution in [-0.4, -0.2) is 5.11 Å². The topological polar surface area (TPSA) is 32.3 Å². The molecular formula is C13H11BrClNO. The lowest BCUT2D eigenvalue weighted by molar-refractivity contribution is 0.471. The summed E-state index contributed by atoms with van der Waals surface area (Å²) in [6.07, 6.45) is 0. The maximum Gasteiger partial charge on any atom is 0.129 e. The summed E-state index contributed by atoms with van der Waals surface area (Å²) < 4.78 is 0.691. The molecule has 0 radical (unpaired) electrons. The van der Waals surface area contributed by atoms with Gasteiger partial charge in [-0.05, 0) is 45.8 Å².